The van der Waals surface area contributed by atoms with Gasteiger partial charge in [0.15, 0.2) is 0 Å². The summed E-state index contributed by atoms with van der Waals surface area (Å²) < 4.78 is 7.94. The number of aromatic nitrogens is 4. The van der Waals surface area contributed by atoms with Gasteiger partial charge < -0.3 is 14.2 Å². The van der Waals surface area contributed by atoms with Crippen LogP contribution in [0, 0.1) is 0 Å². The molecule has 1 aliphatic rings. The molecule has 3 aromatic rings. The van der Waals surface area contributed by atoms with Crippen LogP contribution in [0.3, 0.4) is 0 Å². The van der Waals surface area contributed by atoms with Crippen LogP contribution in [0.4, 0.5) is 5.82 Å². The zero-order valence-corrected chi connectivity index (χ0v) is 13.2. The normalized spacial score (nSPS) is 16.3. The number of aryl methyl sites for hydroxylation is 1. The Bertz CT molecular complexity index is 761. The topological polar surface area (TPSA) is 56.1 Å². The molecule has 0 unspecified atom stereocenters. The van der Waals surface area contributed by atoms with Crippen molar-refractivity contribution in [2.45, 2.75) is 18.9 Å². The van der Waals surface area contributed by atoms with E-state index >= 15 is 0 Å². The lowest BCUT2D eigenvalue weighted by molar-refractivity contribution is 0.170. The molecule has 0 spiro atoms. The maximum Gasteiger partial charge on any atom is 0.273 e. The summed E-state index contributed by atoms with van der Waals surface area (Å²) >= 11 is 1.55. The molecule has 1 saturated heterocycles. The Hall–Kier alpha value is -2.15. The quantitative estimate of drug-likeness (QED) is 0.743. The molecule has 0 saturated carbocycles. The Labute approximate surface area is 132 Å². The average Bonchev–Trinajstić information content (AvgIpc) is 3.18. The number of hydrogen-bond acceptors (Lipinski definition) is 6. The third kappa shape index (κ3) is 2.41. The molecule has 1 aliphatic heterocycles. The Morgan fingerprint density at radius 1 is 1.23 bits per heavy atom. The summed E-state index contributed by atoms with van der Waals surface area (Å²) in [7, 11) is 2.01. The number of ether oxygens (including phenoxy) is 1. The molecule has 114 valence electrons. The van der Waals surface area contributed by atoms with Gasteiger partial charge in [0, 0.05) is 50.8 Å². The van der Waals surface area contributed by atoms with E-state index in [0.29, 0.717) is 0 Å². The van der Waals surface area contributed by atoms with Gasteiger partial charge in [-0.05, 0) is 6.07 Å². The number of anilines is 1. The van der Waals surface area contributed by atoms with E-state index in [1.807, 2.05) is 23.2 Å². The lowest BCUT2D eigenvalue weighted by Gasteiger charge is -2.32. The van der Waals surface area contributed by atoms with Gasteiger partial charge in [-0.15, -0.1) is 0 Å². The number of rotatable bonds is 3. The minimum Gasteiger partial charge on any atom is -0.467 e. The van der Waals surface area contributed by atoms with Gasteiger partial charge in [-0.25, -0.2) is 15.0 Å². The van der Waals surface area contributed by atoms with Crippen molar-refractivity contribution in [2.75, 3.05) is 18.0 Å². The lowest BCUT2D eigenvalue weighted by atomic mass is 10.1. The Morgan fingerprint density at radius 3 is 2.86 bits per heavy atom. The smallest absolute Gasteiger partial charge is 0.273 e. The summed E-state index contributed by atoms with van der Waals surface area (Å²) in [5.41, 5.74) is 0.978. The number of nitrogens with zero attached hydrogens (tertiary/aromatic N) is 5. The monoisotopic (exact) mass is 315 g/mol. The van der Waals surface area contributed by atoms with Gasteiger partial charge in [-0.2, -0.15) is 0 Å². The van der Waals surface area contributed by atoms with Crippen LogP contribution in [0.5, 0.6) is 5.19 Å². The fourth-order valence-electron chi connectivity index (χ4n) is 2.91. The first kappa shape index (κ1) is 13.5. The highest BCUT2D eigenvalue weighted by Crippen LogP contribution is 2.27. The summed E-state index contributed by atoms with van der Waals surface area (Å²) in [4.78, 5) is 15.4. The van der Waals surface area contributed by atoms with E-state index < -0.39 is 0 Å². The first-order valence-corrected chi connectivity index (χ1v) is 8.26. The van der Waals surface area contributed by atoms with E-state index in [1.165, 1.54) is 0 Å². The van der Waals surface area contributed by atoms with Crippen LogP contribution in [-0.4, -0.2) is 38.7 Å². The van der Waals surface area contributed by atoms with Crippen LogP contribution in [0.25, 0.3) is 11.0 Å². The number of thiazole rings is 1. The van der Waals surface area contributed by atoms with Gasteiger partial charge >= 0.3 is 0 Å². The van der Waals surface area contributed by atoms with Gasteiger partial charge in [-0.3, -0.25) is 0 Å². The molecule has 0 atom stereocenters. The van der Waals surface area contributed by atoms with Crippen LogP contribution < -0.4 is 9.64 Å². The third-order valence-corrected chi connectivity index (χ3v) is 4.72. The van der Waals surface area contributed by atoms with E-state index in [-0.39, 0.29) is 6.10 Å². The number of piperidine rings is 1. The van der Waals surface area contributed by atoms with E-state index in [4.69, 9.17) is 4.74 Å². The number of fused-ring (bicyclic) bond motifs is 1. The van der Waals surface area contributed by atoms with E-state index in [2.05, 4.69) is 25.9 Å². The van der Waals surface area contributed by atoms with Gasteiger partial charge in [-0.1, -0.05) is 11.3 Å². The SMILES string of the molecule is Cn1ccc2c(N3CCC(Oc4nccs4)CC3)ncnc21. The van der Waals surface area contributed by atoms with Crippen molar-refractivity contribution in [3.8, 4) is 5.19 Å². The zero-order valence-electron chi connectivity index (χ0n) is 12.3. The predicted molar refractivity (Wildman–Crippen MR) is 86.5 cm³/mol. The van der Waals surface area contributed by atoms with Crippen LogP contribution in [0.1, 0.15) is 12.8 Å². The van der Waals surface area contributed by atoms with Crippen molar-refractivity contribution in [1.82, 2.24) is 19.5 Å². The summed E-state index contributed by atoms with van der Waals surface area (Å²) in [6, 6.07) is 2.09. The second-order valence-corrected chi connectivity index (χ2v) is 6.32. The fourth-order valence-corrected chi connectivity index (χ4v) is 3.46. The zero-order chi connectivity index (χ0) is 14.9. The minimum atomic E-state index is 0.246. The Morgan fingerprint density at radius 2 is 2.09 bits per heavy atom. The van der Waals surface area contributed by atoms with Crippen molar-refractivity contribution < 1.29 is 4.74 Å². The molecule has 0 radical (unpaired) electrons. The second-order valence-electron chi connectivity index (χ2n) is 5.46. The molecule has 4 rings (SSSR count). The largest absolute Gasteiger partial charge is 0.467 e. The van der Waals surface area contributed by atoms with Crippen LogP contribution in [-0.2, 0) is 7.05 Å². The maximum atomic E-state index is 5.91. The molecule has 3 aromatic heterocycles. The molecule has 0 amide bonds. The molecular formula is C15H17N5OS. The van der Waals surface area contributed by atoms with Gasteiger partial charge in [0.05, 0.1) is 5.39 Å². The summed E-state index contributed by atoms with van der Waals surface area (Å²) in [6.45, 7) is 1.88. The molecule has 1 fully saturated rings. The van der Waals surface area contributed by atoms with Crippen molar-refractivity contribution in [3.63, 3.8) is 0 Å². The highest BCUT2D eigenvalue weighted by Gasteiger charge is 2.23. The van der Waals surface area contributed by atoms with E-state index in [9.17, 15) is 0 Å². The lowest BCUT2D eigenvalue weighted by Crippen LogP contribution is -2.38. The summed E-state index contributed by atoms with van der Waals surface area (Å²) in [6.07, 6.45) is 7.67. The summed E-state index contributed by atoms with van der Waals surface area (Å²) in [5.74, 6) is 1.03. The average molecular weight is 315 g/mol. The third-order valence-electron chi connectivity index (χ3n) is 4.06. The molecule has 0 N–H and O–H groups in total. The first-order chi connectivity index (χ1) is 10.8. The molecule has 0 aliphatic carbocycles. The van der Waals surface area contributed by atoms with Crippen LogP contribution in [0.2, 0.25) is 0 Å². The standard InChI is InChI=1S/C15H17N5OS/c1-19-6-4-12-13(19)17-10-18-14(12)20-7-2-11(3-8-20)21-15-16-5-9-22-15/h4-6,9-11H,2-3,7-8H2,1H3. The van der Waals surface area contributed by atoms with Crippen molar-refractivity contribution >= 4 is 28.2 Å². The fraction of sp³-hybridized carbons (Fsp3) is 0.400. The van der Waals surface area contributed by atoms with E-state index in [1.54, 1.807) is 23.9 Å². The Kier molecular flexibility index (Phi) is 3.42. The van der Waals surface area contributed by atoms with Gasteiger partial charge in [0.25, 0.3) is 5.19 Å². The van der Waals surface area contributed by atoms with E-state index in [0.717, 1.165) is 48.0 Å². The first-order valence-electron chi connectivity index (χ1n) is 7.38. The van der Waals surface area contributed by atoms with Crippen LogP contribution in [0.15, 0.2) is 30.2 Å². The Balaban J connectivity index is 1.48. The molecular weight excluding hydrogens is 298 g/mol. The van der Waals surface area contributed by atoms with Gasteiger partial charge in [0.1, 0.15) is 23.9 Å². The van der Waals surface area contributed by atoms with Gasteiger partial charge in [0.2, 0.25) is 0 Å². The van der Waals surface area contributed by atoms with Crippen molar-refractivity contribution in [3.05, 3.63) is 30.2 Å². The maximum absolute atomic E-state index is 5.91. The molecule has 0 aromatic carbocycles. The van der Waals surface area contributed by atoms with Crippen LogP contribution >= 0.6 is 11.3 Å². The molecule has 0 bridgehead atoms. The highest BCUT2D eigenvalue weighted by atomic mass is 32.1. The molecule has 7 heteroatoms. The van der Waals surface area contributed by atoms with Crippen molar-refractivity contribution in [2.24, 2.45) is 7.05 Å². The second kappa shape index (κ2) is 5.57. The minimum absolute atomic E-state index is 0.246. The number of hydrogen-bond donors (Lipinski definition) is 0. The highest BCUT2D eigenvalue weighted by molar-refractivity contribution is 7.11. The molecule has 4 heterocycles. The predicted octanol–water partition coefficient (Wildman–Crippen LogP) is 2.47. The van der Waals surface area contributed by atoms with Crippen molar-refractivity contribution in [1.29, 1.82) is 0 Å². The summed E-state index contributed by atoms with van der Waals surface area (Å²) in [5, 5.41) is 3.83. The molecule has 6 nitrogen and oxygen atoms in total. The molecule has 22 heavy (non-hydrogen) atoms.